The van der Waals surface area contributed by atoms with Crippen molar-refractivity contribution in [2.45, 2.75) is 31.9 Å². The molecule has 1 heterocycles. The second-order valence-electron chi connectivity index (χ2n) is 3.57. The van der Waals surface area contributed by atoms with Crippen molar-refractivity contribution in [2.24, 2.45) is 0 Å². The van der Waals surface area contributed by atoms with Crippen LogP contribution >= 0.6 is 0 Å². The Morgan fingerprint density at radius 1 is 1.73 bits per heavy atom. The highest BCUT2D eigenvalue weighted by Gasteiger charge is 2.16. The molecule has 1 aliphatic carbocycles. The standard InChI is InChI=1S/C10H14N2O3/c1-14-7-9-11-12(10(13)15-9)8-5-3-2-4-6-8/h3,5,8H,2,4,6-7H2,1H3. The van der Waals surface area contributed by atoms with Crippen LogP contribution in [-0.2, 0) is 11.3 Å². The lowest BCUT2D eigenvalue weighted by Gasteiger charge is -2.14. The molecular formula is C10H14N2O3. The Hall–Kier alpha value is -1.36. The first-order chi connectivity index (χ1) is 7.31. The molecule has 0 fully saturated rings. The molecule has 1 atom stereocenters. The van der Waals surface area contributed by atoms with Crippen molar-refractivity contribution in [3.05, 3.63) is 28.6 Å². The van der Waals surface area contributed by atoms with Gasteiger partial charge >= 0.3 is 5.76 Å². The Labute approximate surface area is 87.3 Å². The second kappa shape index (κ2) is 4.44. The fraction of sp³-hybridized carbons (Fsp3) is 0.600. The lowest BCUT2D eigenvalue weighted by atomic mass is 10.0. The monoisotopic (exact) mass is 210 g/mol. The van der Waals surface area contributed by atoms with Crippen LogP contribution in [0.2, 0.25) is 0 Å². The predicted octanol–water partition coefficient (Wildman–Crippen LogP) is 1.26. The van der Waals surface area contributed by atoms with E-state index in [0.29, 0.717) is 5.89 Å². The van der Waals surface area contributed by atoms with Gasteiger partial charge in [-0.15, -0.1) is 5.10 Å². The zero-order valence-electron chi connectivity index (χ0n) is 8.68. The fourth-order valence-electron chi connectivity index (χ4n) is 1.72. The molecule has 0 spiro atoms. The molecule has 5 heteroatoms. The van der Waals surface area contributed by atoms with E-state index >= 15 is 0 Å². The molecule has 0 bridgehead atoms. The number of allylic oxidation sites excluding steroid dienone is 2. The van der Waals surface area contributed by atoms with E-state index in [9.17, 15) is 4.79 Å². The van der Waals surface area contributed by atoms with Crippen LogP contribution in [0.4, 0.5) is 0 Å². The van der Waals surface area contributed by atoms with Crippen LogP contribution in [0.25, 0.3) is 0 Å². The SMILES string of the molecule is COCc1nn(C2C=CCCC2)c(=O)o1. The molecular weight excluding hydrogens is 196 g/mol. The van der Waals surface area contributed by atoms with Crippen molar-refractivity contribution in [3.63, 3.8) is 0 Å². The van der Waals surface area contributed by atoms with E-state index in [1.807, 2.05) is 6.08 Å². The van der Waals surface area contributed by atoms with Crippen LogP contribution in [0.5, 0.6) is 0 Å². The average Bonchev–Trinajstić information content (AvgIpc) is 2.61. The Morgan fingerprint density at radius 2 is 2.60 bits per heavy atom. The van der Waals surface area contributed by atoms with Crippen molar-refractivity contribution in [1.82, 2.24) is 9.78 Å². The normalized spacial score (nSPS) is 20.7. The molecule has 0 amide bonds. The fourth-order valence-corrected chi connectivity index (χ4v) is 1.72. The van der Waals surface area contributed by atoms with Crippen molar-refractivity contribution < 1.29 is 9.15 Å². The summed E-state index contributed by atoms with van der Waals surface area (Å²) in [7, 11) is 1.54. The Balaban J connectivity index is 2.23. The molecule has 0 saturated heterocycles. The molecule has 82 valence electrons. The van der Waals surface area contributed by atoms with E-state index in [1.54, 1.807) is 7.11 Å². The number of ether oxygens (including phenoxy) is 1. The first kappa shape index (κ1) is 10.2. The maximum atomic E-state index is 11.5. The zero-order valence-corrected chi connectivity index (χ0v) is 8.68. The molecule has 0 aliphatic heterocycles. The van der Waals surface area contributed by atoms with E-state index in [-0.39, 0.29) is 12.6 Å². The van der Waals surface area contributed by atoms with Gasteiger partial charge in [-0.1, -0.05) is 12.2 Å². The number of nitrogens with zero attached hydrogens (tertiary/aromatic N) is 2. The van der Waals surface area contributed by atoms with Gasteiger partial charge in [0.25, 0.3) is 0 Å². The van der Waals surface area contributed by atoms with Crippen LogP contribution in [0.1, 0.15) is 31.2 Å². The van der Waals surface area contributed by atoms with Gasteiger partial charge in [0.15, 0.2) is 0 Å². The van der Waals surface area contributed by atoms with Gasteiger partial charge in [-0.2, -0.15) is 4.68 Å². The summed E-state index contributed by atoms with van der Waals surface area (Å²) in [6.45, 7) is 0.235. The Morgan fingerprint density at radius 3 is 3.27 bits per heavy atom. The van der Waals surface area contributed by atoms with Crippen LogP contribution in [0.3, 0.4) is 0 Å². The van der Waals surface area contributed by atoms with Gasteiger partial charge < -0.3 is 9.15 Å². The molecule has 0 radical (unpaired) electrons. The highest BCUT2D eigenvalue weighted by Crippen LogP contribution is 2.19. The number of hydrogen-bond acceptors (Lipinski definition) is 4. The van der Waals surface area contributed by atoms with Crippen LogP contribution < -0.4 is 5.76 Å². The van der Waals surface area contributed by atoms with Crippen LogP contribution in [0.15, 0.2) is 21.4 Å². The number of hydrogen-bond donors (Lipinski definition) is 0. The summed E-state index contributed by atoms with van der Waals surface area (Å²) < 4.78 is 11.2. The van der Waals surface area contributed by atoms with Gasteiger partial charge in [-0.3, -0.25) is 0 Å². The molecule has 1 aliphatic rings. The zero-order chi connectivity index (χ0) is 10.7. The third-order valence-corrected chi connectivity index (χ3v) is 2.42. The molecule has 0 N–H and O–H groups in total. The van der Waals surface area contributed by atoms with Gasteiger partial charge in [-0.25, -0.2) is 4.79 Å². The summed E-state index contributed by atoms with van der Waals surface area (Å²) in [4.78, 5) is 11.5. The molecule has 1 aromatic heterocycles. The summed E-state index contributed by atoms with van der Waals surface area (Å²) in [5.41, 5.74) is 0. The lowest BCUT2D eigenvalue weighted by molar-refractivity contribution is 0.158. The Bertz CT molecular complexity index is 405. The van der Waals surface area contributed by atoms with Crippen molar-refractivity contribution in [2.75, 3.05) is 7.11 Å². The summed E-state index contributed by atoms with van der Waals surface area (Å²) in [6, 6.07) is 0.0422. The maximum Gasteiger partial charge on any atom is 0.437 e. The van der Waals surface area contributed by atoms with E-state index < -0.39 is 5.76 Å². The molecule has 15 heavy (non-hydrogen) atoms. The van der Waals surface area contributed by atoms with Gasteiger partial charge in [-0.05, 0) is 19.3 Å². The van der Waals surface area contributed by atoms with E-state index in [2.05, 4.69) is 11.2 Å². The van der Waals surface area contributed by atoms with Crippen molar-refractivity contribution in [1.29, 1.82) is 0 Å². The molecule has 1 unspecified atom stereocenters. The van der Waals surface area contributed by atoms with E-state index in [1.165, 1.54) is 4.68 Å². The van der Waals surface area contributed by atoms with Gasteiger partial charge in [0.05, 0.1) is 6.04 Å². The number of rotatable bonds is 3. The summed E-state index contributed by atoms with van der Waals surface area (Å²) in [5, 5.41) is 4.08. The first-order valence-corrected chi connectivity index (χ1v) is 5.05. The van der Waals surface area contributed by atoms with E-state index in [0.717, 1.165) is 19.3 Å². The van der Waals surface area contributed by atoms with Crippen LogP contribution in [0, 0.1) is 0 Å². The lowest BCUT2D eigenvalue weighted by Crippen LogP contribution is -2.21. The van der Waals surface area contributed by atoms with Crippen molar-refractivity contribution >= 4 is 0 Å². The third kappa shape index (κ3) is 2.18. The smallest absolute Gasteiger partial charge is 0.390 e. The molecule has 0 aromatic carbocycles. The number of methoxy groups -OCH3 is 1. The molecule has 2 rings (SSSR count). The topological polar surface area (TPSA) is 57.3 Å². The van der Waals surface area contributed by atoms with Gasteiger partial charge in [0.1, 0.15) is 6.61 Å². The van der Waals surface area contributed by atoms with Crippen LogP contribution in [-0.4, -0.2) is 16.9 Å². The minimum atomic E-state index is -0.404. The highest BCUT2D eigenvalue weighted by atomic mass is 16.5. The first-order valence-electron chi connectivity index (χ1n) is 5.05. The van der Waals surface area contributed by atoms with Gasteiger partial charge in [0.2, 0.25) is 5.89 Å². The maximum absolute atomic E-state index is 11.5. The van der Waals surface area contributed by atoms with Gasteiger partial charge in [0, 0.05) is 7.11 Å². The third-order valence-electron chi connectivity index (χ3n) is 2.42. The quantitative estimate of drug-likeness (QED) is 0.705. The summed E-state index contributed by atoms with van der Waals surface area (Å²) in [6.07, 6.45) is 7.18. The molecule has 5 nitrogen and oxygen atoms in total. The highest BCUT2D eigenvalue weighted by molar-refractivity contribution is 4.96. The average molecular weight is 210 g/mol. The summed E-state index contributed by atoms with van der Waals surface area (Å²) in [5.74, 6) is -0.0694. The number of aromatic nitrogens is 2. The minimum Gasteiger partial charge on any atom is -0.390 e. The summed E-state index contributed by atoms with van der Waals surface area (Å²) >= 11 is 0. The predicted molar refractivity (Wildman–Crippen MR) is 53.5 cm³/mol. The largest absolute Gasteiger partial charge is 0.437 e. The molecule has 0 saturated carbocycles. The second-order valence-corrected chi connectivity index (χ2v) is 3.57. The Kier molecular flexibility index (Phi) is 3.01. The minimum absolute atomic E-state index is 0.0422. The van der Waals surface area contributed by atoms with E-state index in [4.69, 9.17) is 9.15 Å². The van der Waals surface area contributed by atoms with Crippen molar-refractivity contribution in [3.8, 4) is 0 Å². The molecule has 1 aromatic rings.